The number of fused-ring (bicyclic) bond motifs is 1. The molecule has 3 amide bonds. The van der Waals surface area contributed by atoms with Gasteiger partial charge in [0.25, 0.3) is 11.8 Å². The minimum Gasteiger partial charge on any atom is -0.503 e. The molecule has 1 aliphatic rings. The molecule has 194 valence electrons. The lowest BCUT2D eigenvalue weighted by atomic mass is 9.90. The zero-order chi connectivity index (χ0) is 26.9. The summed E-state index contributed by atoms with van der Waals surface area (Å²) in [6.45, 7) is 1.31. The number of nitrogens with one attached hydrogen (secondary N) is 1. The predicted octanol–water partition coefficient (Wildman–Crippen LogP) is 2.03. The van der Waals surface area contributed by atoms with Crippen molar-refractivity contribution in [3.05, 3.63) is 62.8 Å². The molecule has 0 saturated heterocycles. The minimum atomic E-state index is -1.22. The highest BCUT2D eigenvalue weighted by Crippen LogP contribution is 2.33. The molecule has 3 rings (SSSR count). The molecular formula is C24H27F3N4O5. The maximum atomic E-state index is 13.9. The summed E-state index contributed by atoms with van der Waals surface area (Å²) in [5, 5.41) is 12.8. The first-order valence-electron chi connectivity index (χ1n) is 11.2. The Hall–Kier alpha value is -3.83. The van der Waals surface area contributed by atoms with Gasteiger partial charge >= 0.3 is 0 Å². The SMILES string of the molecule is CCC(CC(=O)N(C)C)C1CN(C)C(=O)c2c(O)c(=O)c(C(=O)NCc3c(F)cc(F)cc3F)cn21. The van der Waals surface area contributed by atoms with E-state index in [4.69, 9.17) is 0 Å². The summed E-state index contributed by atoms with van der Waals surface area (Å²) < 4.78 is 42.4. The lowest BCUT2D eigenvalue weighted by Crippen LogP contribution is -2.46. The van der Waals surface area contributed by atoms with Gasteiger partial charge in [0, 0.05) is 64.5 Å². The summed E-state index contributed by atoms with van der Waals surface area (Å²) in [6, 6.07) is 0.356. The number of carbonyl (C=O) groups is 3. The van der Waals surface area contributed by atoms with Crippen LogP contribution in [0.2, 0.25) is 0 Å². The number of pyridine rings is 1. The highest BCUT2D eigenvalue weighted by molar-refractivity contribution is 5.99. The lowest BCUT2D eigenvalue weighted by molar-refractivity contribution is -0.130. The number of amides is 3. The number of hydrogen-bond donors (Lipinski definition) is 2. The monoisotopic (exact) mass is 508 g/mol. The number of nitrogens with zero attached hydrogens (tertiary/aromatic N) is 3. The van der Waals surface area contributed by atoms with E-state index in [-0.39, 0.29) is 30.5 Å². The van der Waals surface area contributed by atoms with Gasteiger partial charge in [-0.3, -0.25) is 19.2 Å². The summed E-state index contributed by atoms with van der Waals surface area (Å²) in [6.07, 6.45) is 1.75. The van der Waals surface area contributed by atoms with Gasteiger partial charge in [-0.25, -0.2) is 13.2 Å². The van der Waals surface area contributed by atoms with Gasteiger partial charge < -0.3 is 24.8 Å². The highest BCUT2D eigenvalue weighted by atomic mass is 19.1. The van der Waals surface area contributed by atoms with Gasteiger partial charge in [-0.05, 0) is 5.92 Å². The van der Waals surface area contributed by atoms with E-state index < -0.39 is 64.2 Å². The molecule has 9 nitrogen and oxygen atoms in total. The smallest absolute Gasteiger partial charge is 0.274 e. The zero-order valence-electron chi connectivity index (χ0n) is 20.3. The fraction of sp³-hybridized carbons (Fsp3) is 0.417. The van der Waals surface area contributed by atoms with Crippen molar-refractivity contribution in [2.45, 2.75) is 32.4 Å². The Labute approximate surface area is 205 Å². The fourth-order valence-electron chi connectivity index (χ4n) is 4.23. The molecule has 0 bridgehead atoms. The Morgan fingerprint density at radius 1 is 1.19 bits per heavy atom. The number of halogens is 3. The summed E-state index contributed by atoms with van der Waals surface area (Å²) in [7, 11) is 4.71. The molecule has 2 N–H and O–H groups in total. The van der Waals surface area contributed by atoms with Crippen molar-refractivity contribution in [1.82, 2.24) is 19.7 Å². The van der Waals surface area contributed by atoms with Gasteiger partial charge in [-0.1, -0.05) is 13.3 Å². The number of hydrogen-bond acceptors (Lipinski definition) is 5. The summed E-state index contributed by atoms with van der Waals surface area (Å²) >= 11 is 0. The van der Waals surface area contributed by atoms with Gasteiger partial charge in [0.1, 0.15) is 23.0 Å². The minimum absolute atomic E-state index is 0.118. The van der Waals surface area contributed by atoms with Crippen molar-refractivity contribution in [2.24, 2.45) is 5.92 Å². The Morgan fingerprint density at radius 2 is 1.81 bits per heavy atom. The molecule has 0 spiro atoms. The maximum absolute atomic E-state index is 13.9. The first-order chi connectivity index (χ1) is 16.9. The zero-order valence-corrected chi connectivity index (χ0v) is 20.3. The van der Waals surface area contributed by atoms with Crippen LogP contribution in [0.15, 0.2) is 23.1 Å². The molecule has 1 aromatic heterocycles. The van der Waals surface area contributed by atoms with Gasteiger partial charge in [-0.2, -0.15) is 0 Å². The molecule has 2 heterocycles. The van der Waals surface area contributed by atoms with Crippen LogP contribution in [0, 0.1) is 23.4 Å². The van der Waals surface area contributed by atoms with Crippen LogP contribution in [0.5, 0.6) is 5.75 Å². The van der Waals surface area contributed by atoms with Crippen LogP contribution >= 0.6 is 0 Å². The molecule has 0 aliphatic carbocycles. The summed E-state index contributed by atoms with van der Waals surface area (Å²) in [5.74, 6) is -6.68. The number of benzene rings is 1. The Balaban J connectivity index is 2.01. The van der Waals surface area contributed by atoms with Gasteiger partial charge in [0.05, 0.1) is 6.04 Å². The predicted molar refractivity (Wildman–Crippen MR) is 123 cm³/mol. The normalized spacial score (nSPS) is 15.9. The van der Waals surface area contributed by atoms with Crippen LogP contribution in [0.4, 0.5) is 13.2 Å². The standard InChI is InChI=1S/C24H27F3N4O5/c1-5-12(6-19(32)29(2)3)18-11-30(4)24(36)20-22(34)21(33)15(10-31(18)20)23(35)28-9-14-16(26)7-13(25)8-17(14)27/h7-8,10,12,18,34H,5-6,9,11H2,1-4H3,(H,28,35). The van der Waals surface area contributed by atoms with Crippen molar-refractivity contribution in [3.8, 4) is 5.75 Å². The van der Waals surface area contributed by atoms with Crippen LogP contribution < -0.4 is 10.7 Å². The second-order valence-electron chi connectivity index (χ2n) is 8.92. The van der Waals surface area contributed by atoms with E-state index in [0.29, 0.717) is 18.6 Å². The Morgan fingerprint density at radius 3 is 2.36 bits per heavy atom. The molecule has 0 saturated carbocycles. The van der Waals surface area contributed by atoms with Crippen LogP contribution in [0.3, 0.4) is 0 Å². The molecule has 12 heteroatoms. The van der Waals surface area contributed by atoms with E-state index in [0.717, 1.165) is 6.20 Å². The molecule has 0 fully saturated rings. The van der Waals surface area contributed by atoms with Gasteiger partial charge in [0.2, 0.25) is 11.3 Å². The maximum Gasteiger partial charge on any atom is 0.274 e. The van der Waals surface area contributed by atoms with Crippen molar-refractivity contribution in [2.75, 3.05) is 27.7 Å². The Bertz CT molecular complexity index is 1250. The second-order valence-corrected chi connectivity index (χ2v) is 8.92. The number of likely N-dealkylation sites (N-methyl/N-ethyl adjacent to an activating group) is 1. The van der Waals surface area contributed by atoms with E-state index in [9.17, 15) is 37.5 Å². The number of aromatic nitrogens is 1. The molecule has 2 atom stereocenters. The molecule has 1 aliphatic heterocycles. The summed E-state index contributed by atoms with van der Waals surface area (Å²) in [5.41, 5.74) is -2.63. The van der Waals surface area contributed by atoms with Crippen LogP contribution in [0.25, 0.3) is 0 Å². The molecule has 1 aromatic carbocycles. The lowest BCUT2D eigenvalue weighted by Gasteiger charge is -2.38. The number of rotatable bonds is 7. The average Bonchev–Trinajstić information content (AvgIpc) is 2.80. The second kappa shape index (κ2) is 10.4. The molecule has 2 aromatic rings. The molecule has 0 radical (unpaired) electrons. The Kier molecular flexibility index (Phi) is 7.75. The molecule has 2 unspecified atom stereocenters. The number of carbonyl (C=O) groups excluding carboxylic acids is 3. The summed E-state index contributed by atoms with van der Waals surface area (Å²) in [4.78, 5) is 53.5. The highest BCUT2D eigenvalue weighted by Gasteiger charge is 2.37. The van der Waals surface area contributed by atoms with Crippen LogP contribution in [-0.4, -0.2) is 64.9 Å². The fourth-order valence-corrected chi connectivity index (χ4v) is 4.23. The van der Waals surface area contributed by atoms with E-state index in [2.05, 4.69) is 5.32 Å². The van der Waals surface area contributed by atoms with Gasteiger partial charge in [0.15, 0.2) is 11.4 Å². The topological polar surface area (TPSA) is 112 Å². The van der Waals surface area contributed by atoms with E-state index in [1.54, 1.807) is 14.1 Å². The quantitative estimate of drug-likeness (QED) is 0.595. The van der Waals surface area contributed by atoms with Gasteiger partial charge in [-0.15, -0.1) is 0 Å². The molecule has 36 heavy (non-hydrogen) atoms. The van der Waals surface area contributed by atoms with Crippen LogP contribution in [0.1, 0.15) is 52.2 Å². The van der Waals surface area contributed by atoms with E-state index in [1.807, 2.05) is 6.92 Å². The molecular weight excluding hydrogens is 481 g/mol. The van der Waals surface area contributed by atoms with Crippen molar-refractivity contribution in [3.63, 3.8) is 0 Å². The first kappa shape index (κ1) is 26.8. The third kappa shape index (κ3) is 5.07. The average molecular weight is 508 g/mol. The largest absolute Gasteiger partial charge is 0.503 e. The van der Waals surface area contributed by atoms with Crippen molar-refractivity contribution < 1.29 is 32.7 Å². The van der Waals surface area contributed by atoms with E-state index in [1.165, 1.54) is 21.4 Å². The third-order valence-corrected chi connectivity index (χ3v) is 6.36. The van der Waals surface area contributed by atoms with Crippen molar-refractivity contribution in [1.29, 1.82) is 0 Å². The van der Waals surface area contributed by atoms with Crippen molar-refractivity contribution >= 4 is 17.7 Å². The number of aromatic hydroxyl groups is 1. The first-order valence-corrected chi connectivity index (χ1v) is 11.2. The van der Waals surface area contributed by atoms with Crippen LogP contribution in [-0.2, 0) is 11.3 Å². The third-order valence-electron chi connectivity index (χ3n) is 6.36. The van der Waals surface area contributed by atoms with E-state index >= 15 is 0 Å².